The maximum Gasteiger partial charge on any atom is 0.221 e. The highest BCUT2D eigenvalue weighted by molar-refractivity contribution is 14.0. The summed E-state index contributed by atoms with van der Waals surface area (Å²) in [5, 5.41) is 9.33. The van der Waals surface area contributed by atoms with Gasteiger partial charge >= 0.3 is 0 Å². The lowest BCUT2D eigenvalue weighted by Crippen LogP contribution is -2.36. The van der Waals surface area contributed by atoms with Crippen LogP contribution in [0.2, 0.25) is 0 Å². The maximum absolute atomic E-state index is 11.2. The number of methoxy groups -OCH3 is 3. The van der Waals surface area contributed by atoms with Gasteiger partial charge in [-0.25, -0.2) is 4.99 Å². The molecule has 0 aromatic heterocycles. The van der Waals surface area contributed by atoms with Crippen molar-refractivity contribution in [1.29, 1.82) is 0 Å². The topological polar surface area (TPSA) is 93.2 Å². The zero-order chi connectivity index (χ0) is 21.9. The molecule has 0 atom stereocenters. The number of guanidine groups is 1. The van der Waals surface area contributed by atoms with Crippen molar-refractivity contribution in [2.45, 2.75) is 26.9 Å². The third-order valence-corrected chi connectivity index (χ3v) is 4.20. The van der Waals surface area contributed by atoms with E-state index in [0.29, 0.717) is 36.3 Å². The van der Waals surface area contributed by atoms with E-state index in [1.54, 1.807) is 21.3 Å². The Hall–Kier alpha value is -2.69. The Kier molecular flexibility index (Phi) is 11.5. The first-order valence-electron chi connectivity index (χ1n) is 9.68. The summed E-state index contributed by atoms with van der Waals surface area (Å²) < 4.78 is 16.2. The average molecular weight is 542 g/mol. The van der Waals surface area contributed by atoms with Gasteiger partial charge < -0.3 is 30.2 Å². The number of aliphatic imine (C=N–C) groups is 1. The van der Waals surface area contributed by atoms with E-state index in [-0.39, 0.29) is 29.9 Å². The third kappa shape index (κ3) is 8.16. The molecule has 0 heterocycles. The fraction of sp³-hybridized carbons (Fsp3) is 0.364. The Bertz CT molecular complexity index is 865. The summed E-state index contributed by atoms with van der Waals surface area (Å²) >= 11 is 0. The minimum Gasteiger partial charge on any atom is -0.493 e. The van der Waals surface area contributed by atoms with Gasteiger partial charge in [0.2, 0.25) is 11.7 Å². The molecule has 0 fully saturated rings. The van der Waals surface area contributed by atoms with Crippen LogP contribution in [0.15, 0.2) is 41.4 Å². The number of benzene rings is 2. The maximum atomic E-state index is 11.2. The quantitative estimate of drug-likeness (QED) is 0.255. The molecule has 170 valence electrons. The second kappa shape index (κ2) is 13.6. The predicted octanol–water partition coefficient (Wildman–Crippen LogP) is 3.54. The Balaban J connectivity index is 0.00000480. The summed E-state index contributed by atoms with van der Waals surface area (Å²) in [6, 6.07) is 11.4. The van der Waals surface area contributed by atoms with Gasteiger partial charge in [0.05, 0.1) is 27.9 Å². The van der Waals surface area contributed by atoms with Crippen LogP contribution < -0.4 is 30.2 Å². The van der Waals surface area contributed by atoms with Gasteiger partial charge in [-0.3, -0.25) is 4.79 Å². The third-order valence-electron chi connectivity index (χ3n) is 4.20. The Labute approximate surface area is 200 Å². The van der Waals surface area contributed by atoms with Gasteiger partial charge in [0.1, 0.15) is 0 Å². The van der Waals surface area contributed by atoms with Crippen molar-refractivity contribution in [3.63, 3.8) is 0 Å². The summed E-state index contributed by atoms with van der Waals surface area (Å²) in [6.07, 6.45) is 0. The number of anilines is 1. The number of amides is 1. The molecule has 8 nitrogen and oxygen atoms in total. The largest absolute Gasteiger partial charge is 0.493 e. The number of nitrogens with one attached hydrogen (secondary N) is 3. The summed E-state index contributed by atoms with van der Waals surface area (Å²) in [4.78, 5) is 15.9. The number of carbonyl (C=O) groups is 1. The van der Waals surface area contributed by atoms with Crippen LogP contribution in [0.1, 0.15) is 25.0 Å². The fourth-order valence-electron chi connectivity index (χ4n) is 2.89. The van der Waals surface area contributed by atoms with Crippen molar-refractivity contribution in [3.05, 3.63) is 47.5 Å². The molecule has 0 saturated carbocycles. The normalized spacial score (nSPS) is 10.5. The predicted molar refractivity (Wildman–Crippen MR) is 134 cm³/mol. The van der Waals surface area contributed by atoms with Gasteiger partial charge in [0.15, 0.2) is 17.5 Å². The minimum atomic E-state index is -0.0969. The molecule has 2 rings (SSSR count). The lowest BCUT2D eigenvalue weighted by atomic mass is 10.2. The van der Waals surface area contributed by atoms with E-state index < -0.39 is 0 Å². The van der Waals surface area contributed by atoms with E-state index >= 15 is 0 Å². The molecule has 0 unspecified atom stereocenters. The number of hydrogen-bond donors (Lipinski definition) is 3. The van der Waals surface area contributed by atoms with Crippen molar-refractivity contribution in [2.75, 3.05) is 33.2 Å². The molecule has 2 aromatic carbocycles. The van der Waals surface area contributed by atoms with E-state index in [0.717, 1.165) is 23.4 Å². The number of rotatable bonds is 9. The smallest absolute Gasteiger partial charge is 0.221 e. The molecular weight excluding hydrogens is 511 g/mol. The molecule has 0 aliphatic rings. The molecule has 0 spiro atoms. The zero-order valence-electron chi connectivity index (χ0n) is 18.6. The first-order chi connectivity index (χ1) is 14.5. The van der Waals surface area contributed by atoms with E-state index in [4.69, 9.17) is 14.2 Å². The lowest BCUT2D eigenvalue weighted by molar-refractivity contribution is -0.114. The number of nitrogens with zero attached hydrogens (tertiary/aromatic N) is 1. The lowest BCUT2D eigenvalue weighted by Gasteiger charge is -2.14. The van der Waals surface area contributed by atoms with Crippen LogP contribution in [0.25, 0.3) is 0 Å². The number of carbonyl (C=O) groups excluding carboxylic acids is 1. The van der Waals surface area contributed by atoms with Crippen LogP contribution in [0.3, 0.4) is 0 Å². The molecule has 0 saturated heterocycles. The summed E-state index contributed by atoms with van der Waals surface area (Å²) in [5.74, 6) is 2.32. The van der Waals surface area contributed by atoms with E-state index in [1.165, 1.54) is 6.92 Å². The van der Waals surface area contributed by atoms with Gasteiger partial charge in [0.25, 0.3) is 0 Å². The van der Waals surface area contributed by atoms with Gasteiger partial charge in [-0.2, -0.15) is 0 Å². The Morgan fingerprint density at radius 1 is 0.968 bits per heavy atom. The van der Waals surface area contributed by atoms with E-state index in [1.807, 2.05) is 43.3 Å². The first kappa shape index (κ1) is 26.3. The number of halogens is 1. The molecule has 1 amide bonds. The number of ether oxygens (including phenoxy) is 3. The van der Waals surface area contributed by atoms with Crippen molar-refractivity contribution in [3.8, 4) is 17.2 Å². The first-order valence-corrected chi connectivity index (χ1v) is 9.68. The van der Waals surface area contributed by atoms with Crippen molar-refractivity contribution in [1.82, 2.24) is 10.6 Å². The second-order valence-electron chi connectivity index (χ2n) is 6.46. The van der Waals surface area contributed by atoms with E-state index in [2.05, 4.69) is 20.9 Å². The molecule has 2 aromatic rings. The van der Waals surface area contributed by atoms with Gasteiger partial charge in [-0.1, -0.05) is 12.1 Å². The second-order valence-corrected chi connectivity index (χ2v) is 6.46. The summed E-state index contributed by atoms with van der Waals surface area (Å²) in [6.45, 7) is 5.22. The van der Waals surface area contributed by atoms with Crippen molar-refractivity contribution < 1.29 is 19.0 Å². The molecule has 3 N–H and O–H groups in total. The van der Waals surface area contributed by atoms with Gasteiger partial charge in [0, 0.05) is 25.7 Å². The molecule has 31 heavy (non-hydrogen) atoms. The van der Waals surface area contributed by atoms with E-state index in [9.17, 15) is 4.79 Å². The highest BCUT2D eigenvalue weighted by atomic mass is 127. The zero-order valence-corrected chi connectivity index (χ0v) is 20.9. The minimum absolute atomic E-state index is 0. The Morgan fingerprint density at radius 3 is 2.19 bits per heavy atom. The standard InChI is InChI=1S/C22H30N4O4.HI/c1-6-23-22(24-13-16-8-7-9-18(10-16)26-15(2)27)25-14-17-11-19(28-3)21(30-5)20(12-17)29-4;/h7-12H,6,13-14H2,1-5H3,(H,26,27)(H2,23,24,25);1H. The van der Waals surface area contributed by atoms with Gasteiger partial charge in [-0.05, 0) is 42.3 Å². The molecule has 0 aliphatic carbocycles. The summed E-state index contributed by atoms with van der Waals surface area (Å²) in [5.41, 5.74) is 2.72. The van der Waals surface area contributed by atoms with Crippen LogP contribution in [0, 0.1) is 0 Å². The molecule has 0 bridgehead atoms. The highest BCUT2D eigenvalue weighted by Gasteiger charge is 2.13. The monoisotopic (exact) mass is 542 g/mol. The molecule has 0 aliphatic heterocycles. The molecular formula is C22H31IN4O4. The highest BCUT2D eigenvalue weighted by Crippen LogP contribution is 2.38. The average Bonchev–Trinajstić information content (AvgIpc) is 2.74. The summed E-state index contributed by atoms with van der Waals surface area (Å²) in [7, 11) is 4.75. The molecule has 0 radical (unpaired) electrons. The van der Waals surface area contributed by atoms with Crippen LogP contribution >= 0.6 is 24.0 Å². The van der Waals surface area contributed by atoms with Crippen LogP contribution in [-0.2, 0) is 17.9 Å². The number of hydrogen-bond acceptors (Lipinski definition) is 5. The van der Waals surface area contributed by atoms with Crippen LogP contribution in [0.5, 0.6) is 17.2 Å². The van der Waals surface area contributed by atoms with Crippen molar-refractivity contribution >= 4 is 41.5 Å². The molecule has 9 heteroatoms. The van der Waals surface area contributed by atoms with Crippen LogP contribution in [0.4, 0.5) is 5.69 Å². The Morgan fingerprint density at radius 2 is 1.65 bits per heavy atom. The van der Waals surface area contributed by atoms with Crippen LogP contribution in [-0.4, -0.2) is 39.7 Å². The fourth-order valence-corrected chi connectivity index (χ4v) is 2.89. The van der Waals surface area contributed by atoms with Crippen molar-refractivity contribution in [2.24, 2.45) is 4.99 Å². The SMILES string of the molecule is CCNC(=NCc1cc(OC)c(OC)c(OC)c1)NCc1cccc(NC(C)=O)c1.I. The van der Waals surface area contributed by atoms with Gasteiger partial charge in [-0.15, -0.1) is 24.0 Å².